The molecule has 0 saturated carbocycles. The molecule has 0 aliphatic heterocycles. The molecule has 0 spiro atoms. The Morgan fingerprint density at radius 1 is 1.38 bits per heavy atom. The zero-order valence-corrected chi connectivity index (χ0v) is 8.41. The summed E-state index contributed by atoms with van der Waals surface area (Å²) in [6, 6.07) is 1.22. The van der Waals surface area contributed by atoms with Crippen LogP contribution in [0.4, 0.5) is 0 Å². The van der Waals surface area contributed by atoms with E-state index in [0.29, 0.717) is 0 Å². The molecule has 8 heavy (non-hydrogen) atoms. The van der Waals surface area contributed by atoms with Crippen molar-refractivity contribution < 1.29 is 0 Å². The lowest BCUT2D eigenvalue weighted by atomic mass is 11.0. The molecule has 0 rings (SSSR count). The third-order valence-electron chi connectivity index (χ3n) is 1.98. The molecule has 0 atom stereocenters. The number of hydrogen-bond donors (Lipinski definition) is 0. The Morgan fingerprint density at radius 2 is 1.75 bits per heavy atom. The highest BCUT2D eigenvalue weighted by Gasteiger charge is 2.22. The van der Waals surface area contributed by atoms with Crippen molar-refractivity contribution in [3.05, 3.63) is 6.92 Å². The zero-order chi connectivity index (χ0) is 6.78. The van der Waals surface area contributed by atoms with Crippen LogP contribution in [0.3, 0.4) is 0 Å². The summed E-state index contributed by atoms with van der Waals surface area (Å²) >= 11 is 0. The van der Waals surface area contributed by atoms with E-state index in [9.17, 15) is 0 Å². The second kappa shape index (κ2) is 2.83. The van der Waals surface area contributed by atoms with Gasteiger partial charge in [-0.25, -0.2) is 0 Å². The Kier molecular flexibility index (Phi) is 2.98. The van der Waals surface area contributed by atoms with Crippen molar-refractivity contribution in [1.29, 1.82) is 0 Å². The van der Waals surface area contributed by atoms with Crippen LogP contribution in [-0.4, -0.2) is 15.9 Å². The van der Waals surface area contributed by atoms with E-state index in [2.05, 4.69) is 33.1 Å². The molecule has 2 radical (unpaired) electrons. The molecule has 2 heteroatoms. The van der Waals surface area contributed by atoms with E-state index >= 15 is 0 Å². The van der Waals surface area contributed by atoms with Crippen LogP contribution >= 0.6 is 0 Å². The quantitative estimate of drug-likeness (QED) is 0.522. The van der Waals surface area contributed by atoms with Crippen LogP contribution in [0.15, 0.2) is 0 Å². The van der Waals surface area contributed by atoms with E-state index in [0.717, 1.165) is 0 Å². The first kappa shape index (κ1) is 8.43. The lowest BCUT2D eigenvalue weighted by Crippen LogP contribution is -2.40. The highest BCUT2D eigenvalue weighted by molar-refractivity contribution is 7.31. The topological polar surface area (TPSA) is 0 Å². The first-order chi connectivity index (χ1) is 3.50. The van der Waals surface area contributed by atoms with Gasteiger partial charge in [0, 0.05) is 15.9 Å². The lowest BCUT2D eigenvalue weighted by Gasteiger charge is -2.23. The molecule has 0 unspecified atom stereocenters. The van der Waals surface area contributed by atoms with E-state index < -0.39 is 7.59 Å². The summed E-state index contributed by atoms with van der Waals surface area (Å²) in [6.07, 6.45) is 0. The minimum Gasteiger partial charge on any atom is -0.0733 e. The van der Waals surface area contributed by atoms with E-state index in [1.807, 2.05) is 0 Å². The highest BCUT2D eigenvalue weighted by Crippen LogP contribution is 2.11. The molecule has 0 aromatic carbocycles. The van der Waals surface area contributed by atoms with Gasteiger partial charge in [0.2, 0.25) is 0 Å². The first-order valence-electron chi connectivity index (χ1n) is 3.10. The molecule has 0 aromatic heterocycles. The summed E-state index contributed by atoms with van der Waals surface area (Å²) in [5.74, 6) is 0. The Hall–Kier alpha value is 0.434. The third-order valence-corrected chi connectivity index (χ3v) is 14.8. The van der Waals surface area contributed by atoms with Crippen molar-refractivity contribution in [2.45, 2.75) is 32.2 Å². The molecule has 0 N–H and O–H groups in total. The standard InChI is InChI=1S/C6H16Si2/c1-6-8(4,5)7(2)3/h1,6H2,2-5H3. The first-order valence-corrected chi connectivity index (χ1v) is 9.81. The molecule has 0 aliphatic rings. The van der Waals surface area contributed by atoms with Crippen molar-refractivity contribution in [1.82, 2.24) is 0 Å². The molecule has 0 saturated heterocycles. The van der Waals surface area contributed by atoms with Gasteiger partial charge in [0.25, 0.3) is 0 Å². The molecule has 0 bridgehead atoms. The largest absolute Gasteiger partial charge is 0.0733 e. The molecular formula is C6H16Si2. The van der Waals surface area contributed by atoms with Crippen LogP contribution in [0.1, 0.15) is 0 Å². The summed E-state index contributed by atoms with van der Waals surface area (Å²) < 4.78 is 0. The number of rotatable bonds is 2. The van der Waals surface area contributed by atoms with Crippen LogP contribution in [0.25, 0.3) is 0 Å². The molecule has 0 amide bonds. The van der Waals surface area contributed by atoms with Gasteiger partial charge in [-0.05, 0) is 0 Å². The molecule has 0 nitrogen and oxygen atoms in total. The Morgan fingerprint density at radius 3 is 1.75 bits per heavy atom. The fourth-order valence-corrected chi connectivity index (χ4v) is 2.25. The van der Waals surface area contributed by atoms with E-state index in [1.165, 1.54) is 6.04 Å². The summed E-state index contributed by atoms with van der Waals surface area (Å²) in [6.45, 7) is 13.7. The highest BCUT2D eigenvalue weighted by atomic mass is 29.2. The second-order valence-electron chi connectivity index (χ2n) is 3.13. The average molecular weight is 144 g/mol. The van der Waals surface area contributed by atoms with Crippen molar-refractivity contribution in [2.75, 3.05) is 0 Å². The minimum absolute atomic E-state index is 0.0147. The van der Waals surface area contributed by atoms with E-state index in [-0.39, 0.29) is 8.31 Å². The fourth-order valence-electron chi connectivity index (χ4n) is 0.250. The van der Waals surface area contributed by atoms with E-state index in [4.69, 9.17) is 0 Å². The van der Waals surface area contributed by atoms with Crippen molar-refractivity contribution in [2.24, 2.45) is 0 Å². The maximum absolute atomic E-state index is 3.97. The van der Waals surface area contributed by atoms with Crippen LogP contribution in [0.2, 0.25) is 32.2 Å². The molecule has 0 aromatic rings. The average Bonchev–Trinajstić information content (AvgIpc) is 1.67. The maximum atomic E-state index is 3.97. The zero-order valence-electron chi connectivity index (χ0n) is 6.41. The second-order valence-corrected chi connectivity index (χ2v) is 16.5. The Balaban J connectivity index is 3.71. The maximum Gasteiger partial charge on any atom is 0.0384 e. The third kappa shape index (κ3) is 2.13. The van der Waals surface area contributed by atoms with Gasteiger partial charge in [-0.2, -0.15) is 0 Å². The van der Waals surface area contributed by atoms with Crippen LogP contribution in [0.5, 0.6) is 0 Å². The van der Waals surface area contributed by atoms with Gasteiger partial charge in [-0.15, -0.1) is 0 Å². The summed E-state index contributed by atoms with van der Waals surface area (Å²) in [7, 11) is -0.749. The van der Waals surface area contributed by atoms with Gasteiger partial charge in [0.1, 0.15) is 0 Å². The SMILES string of the molecule is [CH2]C[Si](C)(C)[Si](C)C. The predicted octanol–water partition coefficient (Wildman–Crippen LogP) is 2.36. The van der Waals surface area contributed by atoms with Crippen LogP contribution in [0, 0.1) is 6.92 Å². The van der Waals surface area contributed by atoms with Crippen molar-refractivity contribution in [3.63, 3.8) is 0 Å². The van der Waals surface area contributed by atoms with Crippen LogP contribution < -0.4 is 0 Å². The molecule has 0 aliphatic carbocycles. The monoisotopic (exact) mass is 144 g/mol. The molecule has 0 fully saturated rings. The van der Waals surface area contributed by atoms with Gasteiger partial charge in [0.15, 0.2) is 0 Å². The lowest BCUT2D eigenvalue weighted by molar-refractivity contribution is 1.58. The van der Waals surface area contributed by atoms with Gasteiger partial charge in [-0.1, -0.05) is 39.2 Å². The van der Waals surface area contributed by atoms with Gasteiger partial charge < -0.3 is 0 Å². The Labute approximate surface area is 55.7 Å². The van der Waals surface area contributed by atoms with Crippen molar-refractivity contribution >= 4 is 15.9 Å². The smallest absolute Gasteiger partial charge is 0.0384 e. The number of hydrogen-bond acceptors (Lipinski definition) is 0. The summed E-state index contributed by atoms with van der Waals surface area (Å²) in [5.41, 5.74) is 0. The Bertz CT molecular complexity index is 66.9. The molecular weight excluding hydrogens is 128 g/mol. The van der Waals surface area contributed by atoms with Gasteiger partial charge in [0.05, 0.1) is 0 Å². The van der Waals surface area contributed by atoms with Crippen LogP contribution in [-0.2, 0) is 0 Å². The molecule has 0 heterocycles. The summed E-state index contributed by atoms with van der Waals surface area (Å²) in [4.78, 5) is 0. The van der Waals surface area contributed by atoms with Gasteiger partial charge >= 0.3 is 0 Å². The minimum atomic E-state index is -0.764. The van der Waals surface area contributed by atoms with E-state index in [1.54, 1.807) is 0 Å². The predicted molar refractivity (Wildman–Crippen MR) is 45.1 cm³/mol. The molecule has 48 valence electrons. The normalized spacial score (nSPS) is 12.8. The summed E-state index contributed by atoms with van der Waals surface area (Å²) in [5, 5.41) is 0. The fraction of sp³-hybridized carbons (Fsp3) is 0.833. The van der Waals surface area contributed by atoms with Gasteiger partial charge in [-0.3, -0.25) is 0 Å². The van der Waals surface area contributed by atoms with Crippen molar-refractivity contribution in [3.8, 4) is 0 Å².